The Balaban J connectivity index is 2.12. The zero-order chi connectivity index (χ0) is 13.9. The third-order valence-corrected chi connectivity index (χ3v) is 5.10. The number of benzene rings is 1. The normalized spacial score (nSPS) is 19.6. The van der Waals surface area contributed by atoms with E-state index in [1.165, 1.54) is 37.7 Å². The summed E-state index contributed by atoms with van der Waals surface area (Å²) in [5.41, 5.74) is 1.55. The van der Waals surface area contributed by atoms with Crippen LogP contribution in [-0.2, 0) is 0 Å². The van der Waals surface area contributed by atoms with Crippen LogP contribution in [0.15, 0.2) is 24.3 Å². The lowest BCUT2D eigenvalue weighted by molar-refractivity contribution is 0.242. The average Bonchev–Trinajstić information content (AvgIpc) is 2.88. The summed E-state index contributed by atoms with van der Waals surface area (Å²) in [7, 11) is 0. The molecule has 0 heterocycles. The first kappa shape index (κ1) is 14.7. The van der Waals surface area contributed by atoms with Gasteiger partial charge < -0.3 is 4.74 Å². The molecule has 1 saturated carbocycles. The number of ether oxygens (including phenoxy) is 1. The Morgan fingerprint density at radius 1 is 1.16 bits per heavy atom. The van der Waals surface area contributed by atoms with Gasteiger partial charge in [-0.2, -0.15) is 0 Å². The fourth-order valence-corrected chi connectivity index (χ4v) is 3.72. The van der Waals surface area contributed by atoms with Gasteiger partial charge in [0.15, 0.2) is 0 Å². The fourth-order valence-electron chi connectivity index (χ4n) is 3.21. The van der Waals surface area contributed by atoms with E-state index in [0.29, 0.717) is 5.41 Å². The summed E-state index contributed by atoms with van der Waals surface area (Å²) >= 11 is 6.79. The highest BCUT2D eigenvalue weighted by atomic mass is 35.5. The number of rotatable bonds is 5. The van der Waals surface area contributed by atoms with Crippen LogP contribution in [0.25, 0.3) is 0 Å². The second-order valence-corrected chi connectivity index (χ2v) is 6.46. The second kappa shape index (κ2) is 6.17. The zero-order valence-corrected chi connectivity index (χ0v) is 13.0. The van der Waals surface area contributed by atoms with Crippen molar-refractivity contribution in [2.45, 2.75) is 64.4 Å². The van der Waals surface area contributed by atoms with Crippen molar-refractivity contribution in [2.24, 2.45) is 5.41 Å². The third kappa shape index (κ3) is 3.25. The van der Waals surface area contributed by atoms with Gasteiger partial charge in [-0.05, 0) is 56.2 Å². The molecule has 1 atom stereocenters. The van der Waals surface area contributed by atoms with Crippen LogP contribution < -0.4 is 4.74 Å². The van der Waals surface area contributed by atoms with Crippen molar-refractivity contribution in [1.29, 1.82) is 0 Å². The van der Waals surface area contributed by atoms with Crippen LogP contribution in [0.4, 0.5) is 0 Å². The van der Waals surface area contributed by atoms with Crippen LogP contribution in [0.5, 0.6) is 5.75 Å². The summed E-state index contributed by atoms with van der Waals surface area (Å²) in [5, 5.41) is 0.132. The van der Waals surface area contributed by atoms with Gasteiger partial charge in [-0.15, -0.1) is 11.6 Å². The number of alkyl halides is 1. The Hall–Kier alpha value is -0.690. The van der Waals surface area contributed by atoms with Gasteiger partial charge in [0, 0.05) is 0 Å². The van der Waals surface area contributed by atoms with E-state index in [4.69, 9.17) is 16.3 Å². The Kier molecular flexibility index (Phi) is 4.78. The van der Waals surface area contributed by atoms with Crippen molar-refractivity contribution in [3.8, 4) is 5.75 Å². The summed E-state index contributed by atoms with van der Waals surface area (Å²) in [6.07, 6.45) is 6.57. The molecule has 19 heavy (non-hydrogen) atoms. The van der Waals surface area contributed by atoms with Gasteiger partial charge in [0.2, 0.25) is 0 Å². The minimum atomic E-state index is 0.132. The monoisotopic (exact) mass is 280 g/mol. The first-order valence-electron chi connectivity index (χ1n) is 7.48. The van der Waals surface area contributed by atoms with Crippen LogP contribution >= 0.6 is 11.6 Å². The first-order chi connectivity index (χ1) is 9.07. The molecule has 1 aromatic carbocycles. The van der Waals surface area contributed by atoms with Crippen molar-refractivity contribution in [3.63, 3.8) is 0 Å². The standard InChI is InChI=1S/C17H25ClO/c1-4-17(11-5-6-12-17)16(18)14-7-9-15(10-8-14)19-13(2)3/h7-10,13,16H,4-6,11-12H2,1-3H3. The number of halogens is 1. The minimum Gasteiger partial charge on any atom is -0.491 e. The Morgan fingerprint density at radius 3 is 2.21 bits per heavy atom. The zero-order valence-electron chi connectivity index (χ0n) is 12.3. The van der Waals surface area contributed by atoms with Gasteiger partial charge >= 0.3 is 0 Å². The molecular formula is C17H25ClO. The van der Waals surface area contributed by atoms with Crippen molar-refractivity contribution in [2.75, 3.05) is 0 Å². The minimum absolute atomic E-state index is 0.132. The predicted octanol–water partition coefficient (Wildman–Crippen LogP) is 5.72. The molecule has 0 aliphatic heterocycles. The second-order valence-electron chi connectivity index (χ2n) is 6.02. The molecule has 1 nitrogen and oxygen atoms in total. The summed E-state index contributed by atoms with van der Waals surface area (Å²) < 4.78 is 5.68. The maximum Gasteiger partial charge on any atom is 0.119 e. The van der Waals surface area contributed by atoms with E-state index in [2.05, 4.69) is 19.1 Å². The molecule has 0 amide bonds. The van der Waals surface area contributed by atoms with Crippen molar-refractivity contribution >= 4 is 11.6 Å². The quantitative estimate of drug-likeness (QED) is 0.626. The van der Waals surface area contributed by atoms with Crippen LogP contribution in [0.2, 0.25) is 0 Å². The Labute approximate surface area is 122 Å². The van der Waals surface area contributed by atoms with E-state index in [0.717, 1.165) is 5.75 Å². The molecule has 1 aliphatic carbocycles. The van der Waals surface area contributed by atoms with E-state index >= 15 is 0 Å². The smallest absolute Gasteiger partial charge is 0.119 e. The Bertz CT molecular complexity index is 390. The SMILES string of the molecule is CCC1(C(Cl)c2ccc(OC(C)C)cc2)CCCC1. The fraction of sp³-hybridized carbons (Fsp3) is 0.647. The number of hydrogen-bond acceptors (Lipinski definition) is 1. The van der Waals surface area contributed by atoms with Gasteiger partial charge in [-0.25, -0.2) is 0 Å². The molecule has 0 aromatic heterocycles. The van der Waals surface area contributed by atoms with Crippen molar-refractivity contribution in [3.05, 3.63) is 29.8 Å². The molecule has 2 heteroatoms. The highest BCUT2D eigenvalue weighted by molar-refractivity contribution is 6.21. The topological polar surface area (TPSA) is 9.23 Å². The van der Waals surface area contributed by atoms with Gasteiger partial charge in [-0.1, -0.05) is 31.9 Å². The molecule has 106 valence electrons. The van der Waals surface area contributed by atoms with Gasteiger partial charge in [0.25, 0.3) is 0 Å². The number of hydrogen-bond donors (Lipinski definition) is 0. The third-order valence-electron chi connectivity index (χ3n) is 4.39. The summed E-state index contributed by atoms with van der Waals surface area (Å²) in [6.45, 7) is 6.36. The molecule has 0 bridgehead atoms. The summed E-state index contributed by atoms with van der Waals surface area (Å²) in [4.78, 5) is 0. The molecular weight excluding hydrogens is 256 g/mol. The summed E-state index contributed by atoms with van der Waals surface area (Å²) in [6, 6.07) is 8.35. The molecule has 0 saturated heterocycles. The van der Waals surface area contributed by atoms with Gasteiger partial charge in [0.05, 0.1) is 11.5 Å². The van der Waals surface area contributed by atoms with Crippen molar-refractivity contribution < 1.29 is 4.74 Å². The molecule has 1 unspecified atom stereocenters. The molecule has 1 aromatic rings. The maximum atomic E-state index is 6.79. The van der Waals surface area contributed by atoms with Crippen LogP contribution in [0, 0.1) is 5.41 Å². The van der Waals surface area contributed by atoms with E-state index in [9.17, 15) is 0 Å². The molecule has 0 N–H and O–H groups in total. The van der Waals surface area contributed by atoms with Crippen LogP contribution in [0.1, 0.15) is 63.8 Å². The average molecular weight is 281 g/mol. The van der Waals surface area contributed by atoms with Crippen molar-refractivity contribution in [1.82, 2.24) is 0 Å². The first-order valence-corrected chi connectivity index (χ1v) is 7.92. The largest absolute Gasteiger partial charge is 0.491 e. The van der Waals surface area contributed by atoms with E-state index < -0.39 is 0 Å². The molecule has 1 aliphatic rings. The lowest BCUT2D eigenvalue weighted by Crippen LogP contribution is -2.21. The lowest BCUT2D eigenvalue weighted by Gasteiger charge is -2.33. The van der Waals surface area contributed by atoms with Gasteiger partial charge in [0.1, 0.15) is 5.75 Å². The summed E-state index contributed by atoms with van der Waals surface area (Å²) in [5.74, 6) is 0.930. The van der Waals surface area contributed by atoms with E-state index in [-0.39, 0.29) is 11.5 Å². The van der Waals surface area contributed by atoms with Crippen LogP contribution in [0.3, 0.4) is 0 Å². The molecule has 1 fully saturated rings. The molecule has 0 spiro atoms. The Morgan fingerprint density at radius 2 is 1.74 bits per heavy atom. The van der Waals surface area contributed by atoms with E-state index in [1.54, 1.807) is 0 Å². The highest BCUT2D eigenvalue weighted by Gasteiger charge is 2.39. The van der Waals surface area contributed by atoms with E-state index in [1.807, 2.05) is 26.0 Å². The highest BCUT2D eigenvalue weighted by Crippen LogP contribution is 2.53. The molecule has 0 radical (unpaired) electrons. The predicted molar refractivity (Wildman–Crippen MR) is 82.0 cm³/mol. The van der Waals surface area contributed by atoms with Crippen LogP contribution in [-0.4, -0.2) is 6.10 Å². The maximum absolute atomic E-state index is 6.79. The lowest BCUT2D eigenvalue weighted by atomic mass is 9.77. The van der Waals surface area contributed by atoms with Gasteiger partial charge in [-0.3, -0.25) is 0 Å². The molecule has 2 rings (SSSR count).